The van der Waals surface area contributed by atoms with Crippen LogP contribution < -0.4 is 5.32 Å². The minimum absolute atomic E-state index is 0.185. The second-order valence-electron chi connectivity index (χ2n) is 4.53. The van der Waals surface area contributed by atoms with Gasteiger partial charge in [0.2, 0.25) is 0 Å². The Bertz CT molecular complexity index is 217. The monoisotopic (exact) mass is 243 g/mol. The van der Waals surface area contributed by atoms with E-state index in [4.69, 9.17) is 9.47 Å². The van der Waals surface area contributed by atoms with E-state index in [1.807, 2.05) is 6.92 Å². The number of hydrogen-bond acceptors (Lipinski definition) is 4. The van der Waals surface area contributed by atoms with Gasteiger partial charge in [0.1, 0.15) is 6.04 Å². The predicted octanol–water partition coefficient (Wildman–Crippen LogP) is 1.88. The van der Waals surface area contributed by atoms with Gasteiger partial charge in [-0.25, -0.2) is 0 Å². The Labute approximate surface area is 104 Å². The van der Waals surface area contributed by atoms with Gasteiger partial charge in [-0.15, -0.1) is 0 Å². The van der Waals surface area contributed by atoms with Crippen molar-refractivity contribution in [2.24, 2.45) is 0 Å². The van der Waals surface area contributed by atoms with Crippen LogP contribution in [0.2, 0.25) is 0 Å². The van der Waals surface area contributed by atoms with Crippen molar-refractivity contribution in [2.75, 3.05) is 19.8 Å². The van der Waals surface area contributed by atoms with E-state index in [9.17, 15) is 4.79 Å². The summed E-state index contributed by atoms with van der Waals surface area (Å²) in [6, 6.07) is 0.202. The molecular formula is C13H25NO3. The Kier molecular flexibility index (Phi) is 7.21. The maximum absolute atomic E-state index is 11.7. The largest absolute Gasteiger partial charge is 0.465 e. The molecule has 17 heavy (non-hydrogen) atoms. The fourth-order valence-corrected chi connectivity index (χ4v) is 1.62. The van der Waals surface area contributed by atoms with E-state index in [0.29, 0.717) is 19.3 Å². The Hall–Kier alpha value is -0.610. The molecule has 1 aliphatic carbocycles. The number of esters is 1. The zero-order valence-corrected chi connectivity index (χ0v) is 11.0. The van der Waals surface area contributed by atoms with Crippen molar-refractivity contribution in [3.63, 3.8) is 0 Å². The molecule has 1 atom stereocenters. The van der Waals surface area contributed by atoms with Gasteiger partial charge in [0.05, 0.1) is 13.2 Å². The van der Waals surface area contributed by atoms with Gasteiger partial charge < -0.3 is 9.47 Å². The number of unbranched alkanes of at least 4 members (excludes halogenated alkanes) is 2. The molecule has 1 saturated carbocycles. The van der Waals surface area contributed by atoms with Crippen molar-refractivity contribution in [2.45, 2.75) is 58.0 Å². The summed E-state index contributed by atoms with van der Waals surface area (Å²) in [6.07, 6.45) is 5.75. The molecule has 4 nitrogen and oxygen atoms in total. The molecule has 0 heterocycles. The predicted molar refractivity (Wildman–Crippen MR) is 66.9 cm³/mol. The topological polar surface area (TPSA) is 47.6 Å². The zero-order chi connectivity index (χ0) is 12.5. The van der Waals surface area contributed by atoms with Gasteiger partial charge in [-0.1, -0.05) is 19.8 Å². The third-order valence-corrected chi connectivity index (χ3v) is 2.76. The van der Waals surface area contributed by atoms with Crippen LogP contribution in [0.1, 0.15) is 46.0 Å². The second-order valence-corrected chi connectivity index (χ2v) is 4.53. The molecule has 0 aromatic carbocycles. The van der Waals surface area contributed by atoms with Crippen molar-refractivity contribution in [1.82, 2.24) is 5.32 Å². The van der Waals surface area contributed by atoms with Crippen LogP contribution in [0.15, 0.2) is 0 Å². The Morgan fingerprint density at radius 1 is 1.35 bits per heavy atom. The maximum atomic E-state index is 11.7. The molecular weight excluding hydrogens is 218 g/mol. The van der Waals surface area contributed by atoms with E-state index in [2.05, 4.69) is 12.2 Å². The first-order valence-electron chi connectivity index (χ1n) is 6.78. The van der Waals surface area contributed by atoms with Crippen LogP contribution in [0.25, 0.3) is 0 Å². The standard InChI is InChI=1S/C13H25NO3/c1-3-5-6-9-16-10-12(13(15)17-4-2)14-11-7-8-11/h11-12,14H,3-10H2,1-2H3. The van der Waals surface area contributed by atoms with Crippen LogP contribution in [0.3, 0.4) is 0 Å². The summed E-state index contributed by atoms with van der Waals surface area (Å²) in [7, 11) is 0. The average Bonchev–Trinajstić information content (AvgIpc) is 3.11. The number of nitrogens with one attached hydrogen (secondary N) is 1. The highest BCUT2D eigenvalue weighted by Gasteiger charge is 2.29. The highest BCUT2D eigenvalue weighted by Crippen LogP contribution is 2.19. The summed E-state index contributed by atoms with van der Waals surface area (Å²) < 4.78 is 10.6. The van der Waals surface area contributed by atoms with Crippen LogP contribution in [-0.2, 0) is 14.3 Å². The average molecular weight is 243 g/mol. The molecule has 0 aromatic heterocycles. The van der Waals surface area contributed by atoms with Gasteiger partial charge in [0, 0.05) is 12.6 Å². The number of carbonyl (C=O) groups excluding carboxylic acids is 1. The van der Waals surface area contributed by atoms with Crippen LogP contribution in [0.4, 0.5) is 0 Å². The van der Waals surface area contributed by atoms with Crippen LogP contribution in [0.5, 0.6) is 0 Å². The van der Waals surface area contributed by atoms with Gasteiger partial charge in [-0.2, -0.15) is 0 Å². The molecule has 1 unspecified atom stereocenters. The summed E-state index contributed by atoms with van der Waals surface area (Å²) in [5.74, 6) is -0.185. The number of carbonyl (C=O) groups is 1. The molecule has 0 spiro atoms. The van der Waals surface area contributed by atoms with Crippen LogP contribution in [0, 0.1) is 0 Å². The van der Waals surface area contributed by atoms with E-state index in [0.717, 1.165) is 25.9 Å². The molecule has 0 amide bonds. The van der Waals surface area contributed by atoms with Crippen LogP contribution >= 0.6 is 0 Å². The van der Waals surface area contributed by atoms with Gasteiger partial charge in [0.15, 0.2) is 0 Å². The lowest BCUT2D eigenvalue weighted by molar-refractivity contribution is -0.147. The molecule has 0 aliphatic heterocycles. The molecule has 1 fully saturated rings. The lowest BCUT2D eigenvalue weighted by Crippen LogP contribution is -2.43. The number of ether oxygens (including phenoxy) is 2. The van der Waals surface area contributed by atoms with Gasteiger partial charge in [-0.3, -0.25) is 10.1 Å². The quantitative estimate of drug-likeness (QED) is 0.470. The smallest absolute Gasteiger partial charge is 0.325 e. The Balaban J connectivity index is 2.17. The summed E-state index contributed by atoms with van der Waals surface area (Å²) >= 11 is 0. The third-order valence-electron chi connectivity index (χ3n) is 2.76. The van der Waals surface area contributed by atoms with Crippen molar-refractivity contribution >= 4 is 5.97 Å². The summed E-state index contributed by atoms with van der Waals surface area (Å²) in [4.78, 5) is 11.7. The van der Waals surface area contributed by atoms with Gasteiger partial charge >= 0.3 is 5.97 Å². The number of rotatable bonds is 10. The highest BCUT2D eigenvalue weighted by molar-refractivity contribution is 5.76. The van der Waals surface area contributed by atoms with E-state index < -0.39 is 0 Å². The normalized spacial score (nSPS) is 16.8. The van der Waals surface area contributed by atoms with Crippen LogP contribution in [-0.4, -0.2) is 37.9 Å². The first-order valence-corrected chi connectivity index (χ1v) is 6.78. The fourth-order valence-electron chi connectivity index (χ4n) is 1.62. The van der Waals surface area contributed by atoms with Crippen molar-refractivity contribution in [3.8, 4) is 0 Å². The van der Waals surface area contributed by atoms with E-state index in [-0.39, 0.29) is 12.0 Å². The van der Waals surface area contributed by atoms with Crippen molar-refractivity contribution in [1.29, 1.82) is 0 Å². The molecule has 100 valence electrons. The molecule has 0 radical (unpaired) electrons. The fraction of sp³-hybridized carbons (Fsp3) is 0.923. The van der Waals surface area contributed by atoms with Crippen molar-refractivity contribution < 1.29 is 14.3 Å². The molecule has 0 aromatic rings. The molecule has 0 saturated heterocycles. The Morgan fingerprint density at radius 3 is 2.71 bits per heavy atom. The molecule has 0 bridgehead atoms. The second kappa shape index (κ2) is 8.48. The lowest BCUT2D eigenvalue weighted by Gasteiger charge is -2.17. The van der Waals surface area contributed by atoms with E-state index >= 15 is 0 Å². The molecule has 1 aliphatic rings. The van der Waals surface area contributed by atoms with E-state index in [1.165, 1.54) is 12.8 Å². The van der Waals surface area contributed by atoms with Gasteiger partial charge in [0.25, 0.3) is 0 Å². The summed E-state index contributed by atoms with van der Waals surface area (Å²) in [5.41, 5.74) is 0. The minimum Gasteiger partial charge on any atom is -0.465 e. The lowest BCUT2D eigenvalue weighted by atomic mass is 10.2. The molecule has 4 heteroatoms. The molecule has 1 N–H and O–H groups in total. The maximum Gasteiger partial charge on any atom is 0.325 e. The van der Waals surface area contributed by atoms with Crippen molar-refractivity contribution in [3.05, 3.63) is 0 Å². The van der Waals surface area contributed by atoms with E-state index in [1.54, 1.807) is 0 Å². The zero-order valence-electron chi connectivity index (χ0n) is 11.0. The SMILES string of the molecule is CCCCCOCC(NC1CC1)C(=O)OCC. The third kappa shape index (κ3) is 6.64. The molecule has 1 rings (SSSR count). The summed E-state index contributed by atoms with van der Waals surface area (Å²) in [5, 5.41) is 3.27. The minimum atomic E-state index is -0.288. The Morgan fingerprint density at radius 2 is 2.12 bits per heavy atom. The first kappa shape index (κ1) is 14.5. The number of hydrogen-bond donors (Lipinski definition) is 1. The van der Waals surface area contributed by atoms with Gasteiger partial charge in [-0.05, 0) is 26.2 Å². The summed E-state index contributed by atoms with van der Waals surface area (Å²) in [6.45, 7) is 5.58. The first-order chi connectivity index (χ1) is 8.27. The highest BCUT2D eigenvalue weighted by atomic mass is 16.5.